The number of anilines is 3. The van der Waals surface area contributed by atoms with Crippen LogP contribution in [-0.4, -0.2) is 55.3 Å². The lowest BCUT2D eigenvalue weighted by Crippen LogP contribution is -2.42. The number of morpholine rings is 1. The average Bonchev–Trinajstić information content (AvgIpc) is 2.80. The zero-order valence-corrected chi connectivity index (χ0v) is 16.9. The number of halogens is 3. The van der Waals surface area contributed by atoms with Crippen molar-refractivity contribution in [2.75, 3.05) is 54.5 Å². The Balaban J connectivity index is 1.40. The Morgan fingerprint density at radius 3 is 2.61 bits per heavy atom. The van der Waals surface area contributed by atoms with E-state index in [2.05, 4.69) is 20.2 Å². The number of ether oxygens (including phenoxy) is 1. The van der Waals surface area contributed by atoms with Crippen LogP contribution in [0.3, 0.4) is 0 Å². The highest BCUT2D eigenvalue weighted by atomic mass is 19.4. The molecule has 10 heteroatoms. The van der Waals surface area contributed by atoms with Crippen LogP contribution in [0.25, 0.3) is 0 Å². The molecule has 2 saturated heterocycles. The molecule has 166 valence electrons. The minimum Gasteiger partial charge on any atom is -0.378 e. The Labute approximate surface area is 178 Å². The van der Waals surface area contributed by atoms with Gasteiger partial charge in [-0.2, -0.15) is 13.2 Å². The number of hydrogen-bond donors (Lipinski definition) is 1. The van der Waals surface area contributed by atoms with E-state index in [4.69, 9.17) is 4.74 Å². The van der Waals surface area contributed by atoms with Gasteiger partial charge in [0.15, 0.2) is 0 Å². The lowest BCUT2D eigenvalue weighted by Gasteiger charge is -2.34. The predicted molar refractivity (Wildman–Crippen MR) is 110 cm³/mol. The van der Waals surface area contributed by atoms with Gasteiger partial charge in [0.25, 0.3) is 0 Å². The summed E-state index contributed by atoms with van der Waals surface area (Å²) in [5.74, 6) is 0.0369. The van der Waals surface area contributed by atoms with Crippen LogP contribution in [0.4, 0.5) is 30.5 Å². The number of alkyl halides is 3. The first-order chi connectivity index (χ1) is 14.9. The first kappa shape index (κ1) is 21.4. The van der Waals surface area contributed by atoms with E-state index in [9.17, 15) is 18.0 Å². The van der Waals surface area contributed by atoms with Crippen molar-refractivity contribution in [3.8, 4) is 0 Å². The van der Waals surface area contributed by atoms with E-state index in [1.165, 1.54) is 12.3 Å². The number of aromatic nitrogens is 2. The molecule has 1 amide bonds. The third-order valence-corrected chi connectivity index (χ3v) is 5.53. The van der Waals surface area contributed by atoms with Gasteiger partial charge in [0.2, 0.25) is 5.91 Å². The summed E-state index contributed by atoms with van der Waals surface area (Å²) >= 11 is 0. The number of piperidine rings is 1. The van der Waals surface area contributed by atoms with Crippen molar-refractivity contribution >= 4 is 23.2 Å². The molecule has 2 aliphatic rings. The van der Waals surface area contributed by atoms with Crippen molar-refractivity contribution < 1.29 is 22.7 Å². The second kappa shape index (κ2) is 9.09. The minimum absolute atomic E-state index is 0.121. The van der Waals surface area contributed by atoms with Gasteiger partial charge in [-0.05, 0) is 37.1 Å². The summed E-state index contributed by atoms with van der Waals surface area (Å²) < 4.78 is 45.4. The van der Waals surface area contributed by atoms with Gasteiger partial charge in [0, 0.05) is 32.4 Å². The summed E-state index contributed by atoms with van der Waals surface area (Å²) in [6.07, 6.45) is -0.331. The topological polar surface area (TPSA) is 70.6 Å². The molecular formula is C21H24F3N5O2. The van der Waals surface area contributed by atoms with Crippen LogP contribution in [-0.2, 0) is 15.7 Å². The van der Waals surface area contributed by atoms with Crippen molar-refractivity contribution in [2.45, 2.75) is 19.0 Å². The fourth-order valence-electron chi connectivity index (χ4n) is 3.94. The molecule has 1 atom stereocenters. The van der Waals surface area contributed by atoms with Crippen molar-refractivity contribution in [1.29, 1.82) is 0 Å². The molecule has 0 aromatic carbocycles. The molecule has 1 unspecified atom stereocenters. The normalized spacial score (nSPS) is 19.9. The standard InChI is InChI=1S/C21H24F3N5O2/c22-21(23,24)17-4-1-7-25-19(17)29-8-2-3-15(14-29)20(30)27-16-5-6-18(26-13-16)28-9-11-31-12-10-28/h1,4-7,13,15H,2-3,8-12,14H2,(H,27,30). The number of pyridine rings is 2. The van der Waals surface area contributed by atoms with Gasteiger partial charge in [-0.25, -0.2) is 9.97 Å². The summed E-state index contributed by atoms with van der Waals surface area (Å²) in [7, 11) is 0. The van der Waals surface area contributed by atoms with Crippen LogP contribution < -0.4 is 15.1 Å². The minimum atomic E-state index is -4.49. The quantitative estimate of drug-likeness (QED) is 0.796. The summed E-state index contributed by atoms with van der Waals surface area (Å²) in [4.78, 5) is 24.8. The molecule has 1 N–H and O–H groups in total. The first-order valence-corrected chi connectivity index (χ1v) is 10.3. The lowest BCUT2D eigenvalue weighted by atomic mass is 9.96. The highest BCUT2D eigenvalue weighted by Crippen LogP contribution is 2.36. The fraction of sp³-hybridized carbons (Fsp3) is 0.476. The molecule has 0 radical (unpaired) electrons. The van der Waals surface area contributed by atoms with Gasteiger partial charge >= 0.3 is 6.18 Å². The van der Waals surface area contributed by atoms with E-state index in [1.807, 2.05) is 6.07 Å². The van der Waals surface area contributed by atoms with Crippen LogP contribution in [0.2, 0.25) is 0 Å². The number of carbonyl (C=O) groups is 1. The molecule has 0 aliphatic carbocycles. The van der Waals surface area contributed by atoms with E-state index in [0.29, 0.717) is 38.3 Å². The van der Waals surface area contributed by atoms with Crippen molar-refractivity contribution in [1.82, 2.24) is 9.97 Å². The van der Waals surface area contributed by atoms with E-state index in [0.717, 1.165) is 25.0 Å². The van der Waals surface area contributed by atoms with Crippen molar-refractivity contribution in [3.05, 3.63) is 42.2 Å². The molecule has 0 spiro atoms. The van der Waals surface area contributed by atoms with Crippen LogP contribution in [0.1, 0.15) is 18.4 Å². The highest BCUT2D eigenvalue weighted by molar-refractivity contribution is 5.93. The van der Waals surface area contributed by atoms with Crippen LogP contribution in [0.5, 0.6) is 0 Å². The monoisotopic (exact) mass is 435 g/mol. The predicted octanol–water partition coefficient (Wildman–Crippen LogP) is 3.19. The molecule has 0 saturated carbocycles. The zero-order valence-electron chi connectivity index (χ0n) is 16.9. The maximum Gasteiger partial charge on any atom is 0.419 e. The third kappa shape index (κ3) is 5.07. The average molecular weight is 435 g/mol. The Morgan fingerprint density at radius 1 is 1.10 bits per heavy atom. The Bertz CT molecular complexity index is 901. The van der Waals surface area contributed by atoms with Crippen LogP contribution >= 0.6 is 0 Å². The molecule has 7 nitrogen and oxygen atoms in total. The van der Waals surface area contributed by atoms with Crippen LogP contribution in [0.15, 0.2) is 36.7 Å². The highest BCUT2D eigenvalue weighted by Gasteiger charge is 2.37. The van der Waals surface area contributed by atoms with E-state index in [-0.39, 0.29) is 18.3 Å². The molecule has 31 heavy (non-hydrogen) atoms. The molecule has 2 aliphatic heterocycles. The Hall–Kier alpha value is -2.88. The third-order valence-electron chi connectivity index (χ3n) is 5.53. The second-order valence-electron chi connectivity index (χ2n) is 7.65. The maximum atomic E-state index is 13.4. The van der Waals surface area contributed by atoms with Gasteiger partial charge in [-0.15, -0.1) is 0 Å². The zero-order chi connectivity index (χ0) is 21.8. The summed E-state index contributed by atoms with van der Waals surface area (Å²) in [5.41, 5.74) is -0.216. The Kier molecular flexibility index (Phi) is 6.26. The Morgan fingerprint density at radius 2 is 1.90 bits per heavy atom. The molecule has 2 aromatic rings. The molecule has 4 heterocycles. The van der Waals surface area contributed by atoms with Crippen LogP contribution in [0, 0.1) is 5.92 Å². The lowest BCUT2D eigenvalue weighted by molar-refractivity contribution is -0.137. The van der Waals surface area contributed by atoms with Crippen molar-refractivity contribution in [3.63, 3.8) is 0 Å². The summed E-state index contributed by atoms with van der Waals surface area (Å²) in [6, 6.07) is 5.93. The van der Waals surface area contributed by atoms with E-state index < -0.39 is 17.7 Å². The van der Waals surface area contributed by atoms with E-state index >= 15 is 0 Å². The number of carbonyl (C=O) groups excluding carboxylic acids is 1. The largest absolute Gasteiger partial charge is 0.419 e. The van der Waals surface area contributed by atoms with Gasteiger partial charge < -0.3 is 19.9 Å². The summed E-state index contributed by atoms with van der Waals surface area (Å²) in [5, 5.41) is 2.84. The van der Waals surface area contributed by atoms with E-state index in [1.54, 1.807) is 17.2 Å². The molecule has 2 fully saturated rings. The van der Waals surface area contributed by atoms with Crippen molar-refractivity contribution in [2.24, 2.45) is 5.92 Å². The SMILES string of the molecule is O=C(Nc1ccc(N2CCOCC2)nc1)C1CCCN(c2ncccc2C(F)(F)F)C1. The summed E-state index contributed by atoms with van der Waals surface area (Å²) in [6.45, 7) is 3.47. The second-order valence-corrected chi connectivity index (χ2v) is 7.65. The number of rotatable bonds is 4. The number of nitrogens with zero attached hydrogens (tertiary/aromatic N) is 4. The fourth-order valence-corrected chi connectivity index (χ4v) is 3.94. The molecular weight excluding hydrogens is 411 g/mol. The number of amides is 1. The molecule has 4 rings (SSSR count). The number of nitrogens with one attached hydrogen (secondary N) is 1. The molecule has 0 bridgehead atoms. The van der Waals surface area contributed by atoms with Gasteiger partial charge in [-0.3, -0.25) is 4.79 Å². The van der Waals surface area contributed by atoms with Gasteiger partial charge in [-0.1, -0.05) is 0 Å². The van der Waals surface area contributed by atoms with Gasteiger partial charge in [0.1, 0.15) is 11.6 Å². The van der Waals surface area contributed by atoms with Gasteiger partial charge in [0.05, 0.1) is 36.6 Å². The number of hydrogen-bond acceptors (Lipinski definition) is 6. The maximum absolute atomic E-state index is 13.4. The smallest absolute Gasteiger partial charge is 0.378 e. The first-order valence-electron chi connectivity index (χ1n) is 10.3. The molecule has 2 aromatic heterocycles.